The molecule has 24 heavy (non-hydrogen) atoms. The molecule has 0 unspecified atom stereocenters. The number of amides is 4. The van der Waals surface area contributed by atoms with Crippen molar-refractivity contribution in [2.24, 2.45) is 0 Å². The van der Waals surface area contributed by atoms with Gasteiger partial charge in [0.05, 0.1) is 0 Å². The van der Waals surface area contributed by atoms with Crippen LogP contribution in [0.3, 0.4) is 0 Å². The zero-order chi connectivity index (χ0) is 18.5. The van der Waals surface area contributed by atoms with E-state index >= 15 is 0 Å². The number of nitrogens with zero attached hydrogens (tertiary/aromatic N) is 1. The van der Waals surface area contributed by atoms with E-state index in [0.717, 1.165) is 19.0 Å². The molecule has 132 valence electrons. The molecular weight excluding hydrogens is 318 g/mol. The van der Waals surface area contributed by atoms with Crippen molar-refractivity contribution < 1.29 is 29.1 Å². The molecule has 0 aromatic carbocycles. The fraction of sp³-hybridized carbons (Fsp3) is 0.400. The first-order chi connectivity index (χ1) is 11.3. The van der Waals surface area contributed by atoms with Crippen LogP contribution in [-0.4, -0.2) is 52.7 Å². The second-order valence-electron chi connectivity index (χ2n) is 4.66. The van der Waals surface area contributed by atoms with E-state index in [1.54, 1.807) is 11.1 Å². The first kappa shape index (κ1) is 21.0. The Morgan fingerprint density at radius 3 is 2.00 bits per heavy atom. The minimum absolute atomic E-state index is 0.148. The molecule has 2 aliphatic rings. The van der Waals surface area contributed by atoms with Crippen LogP contribution in [0.5, 0.6) is 0 Å². The minimum Gasteiger partial charge on any atom is -0.480 e. The Hall–Kier alpha value is -2.97. The van der Waals surface area contributed by atoms with E-state index in [9.17, 15) is 24.0 Å². The summed E-state index contributed by atoms with van der Waals surface area (Å²) in [5.41, 5.74) is 0. The largest absolute Gasteiger partial charge is 0.480 e. The fourth-order valence-corrected chi connectivity index (χ4v) is 1.60. The molecule has 0 aromatic heterocycles. The first-order valence-electron chi connectivity index (χ1n) is 7.17. The monoisotopic (exact) mass is 339 g/mol. The fourth-order valence-electron chi connectivity index (χ4n) is 1.60. The first-order valence-corrected chi connectivity index (χ1v) is 7.17. The molecule has 0 radical (unpaired) electrons. The van der Waals surface area contributed by atoms with Crippen molar-refractivity contribution in [3.8, 4) is 0 Å². The Balaban J connectivity index is 0.000000332. The third kappa shape index (κ3) is 9.87. The highest BCUT2D eigenvalue weighted by Crippen LogP contribution is 2.08. The summed E-state index contributed by atoms with van der Waals surface area (Å²) in [6, 6.07) is 0. The maximum absolute atomic E-state index is 10.7. The second kappa shape index (κ2) is 11.6. The van der Waals surface area contributed by atoms with Gasteiger partial charge in [-0.3, -0.25) is 29.3 Å². The summed E-state index contributed by atoms with van der Waals surface area (Å²) in [6.45, 7) is 7.14. The molecule has 2 saturated heterocycles. The summed E-state index contributed by atoms with van der Waals surface area (Å²) in [4.78, 5) is 52.6. The summed E-state index contributed by atoms with van der Waals surface area (Å²) in [7, 11) is 0. The Labute approximate surface area is 139 Å². The number of carbonyl (C=O) groups is 5. The highest BCUT2D eigenvalue weighted by Gasteiger charge is 2.16. The Kier molecular flexibility index (Phi) is 10.1. The van der Waals surface area contributed by atoms with Crippen LogP contribution in [0, 0.1) is 0 Å². The number of hydrogen-bond donors (Lipinski definition) is 3. The number of hydrogen-bond acceptors (Lipinski definition) is 5. The Morgan fingerprint density at radius 1 is 1.17 bits per heavy atom. The van der Waals surface area contributed by atoms with E-state index in [1.165, 1.54) is 0 Å². The van der Waals surface area contributed by atoms with Gasteiger partial charge >= 0.3 is 5.97 Å². The quantitative estimate of drug-likeness (QED) is 0.469. The van der Waals surface area contributed by atoms with Gasteiger partial charge in [0.25, 0.3) is 0 Å². The zero-order valence-electron chi connectivity index (χ0n) is 13.2. The summed E-state index contributed by atoms with van der Waals surface area (Å²) in [6.07, 6.45) is 5.05. The van der Waals surface area contributed by atoms with Crippen LogP contribution >= 0.6 is 0 Å². The van der Waals surface area contributed by atoms with E-state index in [2.05, 4.69) is 23.8 Å². The standard InChI is InChI=1S/C6H9NO.C5H7NO3.C4H5NO2/c1-2-7-5-3-4-6(7)8;1-2-4(7)6-3-5(8)9;6-3-1-2-4(7)5-3/h2H,1,3-5H2;2H,1,3H2,(H,6,7)(H,8,9);1-2H2,(H,5,6,7). The molecule has 4 amide bonds. The van der Waals surface area contributed by atoms with Gasteiger partial charge in [0.1, 0.15) is 6.54 Å². The van der Waals surface area contributed by atoms with Crippen molar-refractivity contribution in [3.05, 3.63) is 25.4 Å². The van der Waals surface area contributed by atoms with Crippen LogP contribution in [0.4, 0.5) is 0 Å². The molecule has 2 heterocycles. The van der Waals surface area contributed by atoms with Crippen LogP contribution in [0.15, 0.2) is 25.4 Å². The molecular formula is C15H21N3O6. The lowest BCUT2D eigenvalue weighted by Crippen LogP contribution is -2.27. The van der Waals surface area contributed by atoms with E-state index in [4.69, 9.17) is 5.11 Å². The molecule has 0 spiro atoms. The van der Waals surface area contributed by atoms with Gasteiger partial charge in [-0.1, -0.05) is 13.2 Å². The summed E-state index contributed by atoms with van der Waals surface area (Å²) >= 11 is 0. The molecule has 2 rings (SSSR count). The van der Waals surface area contributed by atoms with Crippen LogP contribution < -0.4 is 10.6 Å². The lowest BCUT2D eigenvalue weighted by Gasteiger charge is -2.05. The van der Waals surface area contributed by atoms with E-state index in [-0.39, 0.29) is 24.3 Å². The molecule has 0 saturated carbocycles. The Morgan fingerprint density at radius 2 is 1.75 bits per heavy atom. The minimum atomic E-state index is -1.06. The number of carboxylic acid groups (broad SMARTS) is 1. The van der Waals surface area contributed by atoms with E-state index in [1.807, 2.05) is 0 Å². The van der Waals surface area contributed by atoms with E-state index < -0.39 is 11.9 Å². The highest BCUT2D eigenvalue weighted by atomic mass is 16.4. The van der Waals surface area contributed by atoms with Crippen molar-refractivity contribution in [2.45, 2.75) is 25.7 Å². The SMILES string of the molecule is C=CC(=O)NCC(=O)O.C=CN1CCCC1=O.O=C1CCC(=O)N1. The number of nitrogens with one attached hydrogen (secondary N) is 2. The highest BCUT2D eigenvalue weighted by molar-refractivity contribution is 6.01. The summed E-state index contributed by atoms with van der Waals surface area (Å²) in [5.74, 6) is -1.63. The van der Waals surface area contributed by atoms with Crippen molar-refractivity contribution in [2.75, 3.05) is 13.1 Å². The predicted octanol–water partition coefficient (Wildman–Crippen LogP) is -0.451. The smallest absolute Gasteiger partial charge is 0.322 e. The van der Waals surface area contributed by atoms with Crippen molar-refractivity contribution in [3.63, 3.8) is 0 Å². The lowest BCUT2D eigenvalue weighted by molar-refractivity contribution is -0.137. The van der Waals surface area contributed by atoms with Crippen LogP contribution in [-0.2, 0) is 24.0 Å². The Bertz CT molecular complexity index is 515. The topological polar surface area (TPSA) is 133 Å². The van der Waals surface area contributed by atoms with Crippen molar-refractivity contribution >= 4 is 29.6 Å². The number of likely N-dealkylation sites (tertiary alicyclic amines) is 1. The van der Waals surface area contributed by atoms with E-state index in [0.29, 0.717) is 19.3 Å². The number of carbonyl (C=O) groups excluding carboxylic acids is 4. The molecule has 0 aromatic rings. The lowest BCUT2D eigenvalue weighted by atomic mass is 10.4. The maximum Gasteiger partial charge on any atom is 0.322 e. The van der Waals surface area contributed by atoms with Gasteiger partial charge in [-0.2, -0.15) is 0 Å². The molecule has 9 nitrogen and oxygen atoms in total. The maximum atomic E-state index is 10.7. The normalized spacial score (nSPS) is 15.3. The molecule has 0 aliphatic carbocycles. The molecule has 9 heteroatoms. The zero-order valence-corrected chi connectivity index (χ0v) is 13.2. The average molecular weight is 339 g/mol. The molecule has 3 N–H and O–H groups in total. The molecule has 2 aliphatic heterocycles. The predicted molar refractivity (Wildman–Crippen MR) is 84.4 cm³/mol. The number of aliphatic carboxylic acids is 1. The second-order valence-corrected chi connectivity index (χ2v) is 4.66. The van der Waals surface area contributed by atoms with Gasteiger partial charge < -0.3 is 15.3 Å². The number of imide groups is 1. The van der Waals surface area contributed by atoms with Gasteiger partial charge in [-0.15, -0.1) is 0 Å². The van der Waals surface area contributed by atoms with Gasteiger partial charge in [0, 0.05) is 25.8 Å². The number of rotatable bonds is 4. The summed E-state index contributed by atoms with van der Waals surface area (Å²) in [5, 5.41) is 12.2. The van der Waals surface area contributed by atoms with Gasteiger partial charge in [0.2, 0.25) is 23.6 Å². The molecule has 2 fully saturated rings. The van der Waals surface area contributed by atoms with Crippen LogP contribution in [0.2, 0.25) is 0 Å². The third-order valence-corrected chi connectivity index (χ3v) is 2.79. The molecule has 0 atom stereocenters. The van der Waals surface area contributed by atoms with Gasteiger partial charge in [-0.05, 0) is 18.7 Å². The van der Waals surface area contributed by atoms with Gasteiger partial charge in [-0.25, -0.2) is 0 Å². The van der Waals surface area contributed by atoms with Crippen molar-refractivity contribution in [1.82, 2.24) is 15.5 Å². The third-order valence-electron chi connectivity index (χ3n) is 2.79. The van der Waals surface area contributed by atoms with Crippen LogP contribution in [0.25, 0.3) is 0 Å². The number of carboxylic acids is 1. The average Bonchev–Trinajstić information content (AvgIpc) is 3.13. The summed E-state index contributed by atoms with van der Waals surface area (Å²) < 4.78 is 0. The van der Waals surface area contributed by atoms with Crippen molar-refractivity contribution in [1.29, 1.82) is 0 Å². The molecule has 0 bridgehead atoms. The van der Waals surface area contributed by atoms with Crippen LogP contribution in [0.1, 0.15) is 25.7 Å². The van der Waals surface area contributed by atoms with Gasteiger partial charge in [0.15, 0.2) is 0 Å².